The summed E-state index contributed by atoms with van der Waals surface area (Å²) >= 11 is 6.28. The van der Waals surface area contributed by atoms with Crippen LogP contribution in [0.1, 0.15) is 10.4 Å². The number of hydrogen-bond donors (Lipinski definition) is 3. The van der Waals surface area contributed by atoms with Crippen LogP contribution in [0.15, 0.2) is 55.0 Å². The van der Waals surface area contributed by atoms with E-state index in [0.29, 0.717) is 33.8 Å². The molecule has 1 heterocycles. The van der Waals surface area contributed by atoms with E-state index in [1.165, 1.54) is 7.11 Å². The maximum atomic E-state index is 12.3. The molecule has 0 saturated heterocycles. The number of nitrogens with zero attached hydrogens (tertiary/aromatic N) is 1. The van der Waals surface area contributed by atoms with Crippen LogP contribution >= 0.6 is 11.6 Å². The van der Waals surface area contributed by atoms with Crippen molar-refractivity contribution in [3.8, 4) is 17.2 Å². The molecule has 4 N–H and O–H groups in total. The van der Waals surface area contributed by atoms with Gasteiger partial charge in [0.2, 0.25) is 0 Å². The summed E-state index contributed by atoms with van der Waals surface area (Å²) in [5.41, 5.74) is 6.64. The topological polar surface area (TPSA) is 98.5 Å². The fourth-order valence-corrected chi connectivity index (χ4v) is 3.01. The molecule has 3 aromatic rings. The van der Waals surface area contributed by atoms with Gasteiger partial charge in [-0.3, -0.25) is 9.78 Å². The monoisotopic (exact) mass is 448 g/mol. The van der Waals surface area contributed by atoms with Gasteiger partial charge in [-0.15, -0.1) is 0 Å². The number of carbonyl (C=O) groups excluding carboxylic acids is 1. The minimum atomic E-state index is -2.50. The molecule has 0 saturated carbocycles. The number of rotatable bonds is 9. The molecule has 0 aliphatic rings. The molecule has 162 valence electrons. The van der Waals surface area contributed by atoms with Crippen molar-refractivity contribution in [2.75, 3.05) is 19.0 Å². The van der Waals surface area contributed by atoms with Gasteiger partial charge in [0.15, 0.2) is 0 Å². The van der Waals surface area contributed by atoms with Crippen LogP contribution in [0.25, 0.3) is 10.9 Å². The molecule has 2 aromatic carbocycles. The van der Waals surface area contributed by atoms with Gasteiger partial charge in [-0.05, 0) is 24.3 Å². The van der Waals surface area contributed by atoms with Gasteiger partial charge in [-0.1, -0.05) is 18.2 Å². The quantitative estimate of drug-likeness (QED) is 0.445. The number of methoxy groups -OCH3 is 1. The Labute approximate surface area is 181 Å². The molecule has 0 bridgehead atoms. The number of ether oxygens (including phenoxy) is 2. The van der Waals surface area contributed by atoms with Crippen LogP contribution in [0, 0.1) is 0 Å². The molecule has 0 aliphatic heterocycles. The second kappa shape index (κ2) is 9.48. The van der Waals surface area contributed by atoms with Crippen LogP contribution in [0.3, 0.4) is 0 Å². The number of nitrogens with one attached hydrogen (secondary N) is 2. The number of nitrogens with two attached hydrogens (primary N) is 1. The third-order valence-electron chi connectivity index (χ3n) is 4.21. The number of primary amides is 1. The molecule has 10 heteroatoms. The lowest BCUT2D eigenvalue weighted by Crippen LogP contribution is -2.24. The number of carbonyl (C=O) groups is 1. The standard InChI is InChI=1S/C21H19ClF2N4O3/c1-11(27-10-20(23)24)28-16-4-3-12(7-15(16)22)31-18-5-6-26-17-9-19(30-2)14(21(25)29)8-13(17)18/h3-9,20,27-28H,1,10H2,2H3,(H2,25,29). The normalized spacial score (nSPS) is 10.7. The Hall–Kier alpha value is -3.59. The zero-order valence-electron chi connectivity index (χ0n) is 16.4. The summed E-state index contributed by atoms with van der Waals surface area (Å²) in [5, 5.41) is 6.12. The Bertz CT molecular complexity index is 1140. The van der Waals surface area contributed by atoms with Crippen molar-refractivity contribution in [1.82, 2.24) is 10.3 Å². The average Bonchev–Trinajstić information content (AvgIpc) is 2.73. The first-order valence-electron chi connectivity index (χ1n) is 9.00. The van der Waals surface area contributed by atoms with Crippen molar-refractivity contribution < 1.29 is 23.0 Å². The number of fused-ring (bicyclic) bond motifs is 1. The van der Waals surface area contributed by atoms with E-state index in [1.54, 1.807) is 42.6 Å². The van der Waals surface area contributed by atoms with Crippen LogP contribution in [0.5, 0.6) is 17.2 Å². The van der Waals surface area contributed by atoms with Crippen LogP contribution in [-0.4, -0.2) is 31.0 Å². The second-order valence-corrected chi connectivity index (χ2v) is 6.77. The first kappa shape index (κ1) is 22.1. The van der Waals surface area contributed by atoms with Gasteiger partial charge < -0.3 is 25.8 Å². The van der Waals surface area contributed by atoms with Crippen molar-refractivity contribution >= 4 is 34.1 Å². The highest BCUT2D eigenvalue weighted by Gasteiger charge is 2.15. The first-order valence-corrected chi connectivity index (χ1v) is 9.38. The summed E-state index contributed by atoms with van der Waals surface area (Å²) in [6, 6.07) is 9.59. The molecule has 0 aliphatic carbocycles. The molecular formula is C21H19ClF2N4O3. The molecule has 0 fully saturated rings. The maximum Gasteiger partial charge on any atom is 0.255 e. The molecule has 1 aromatic heterocycles. The van der Waals surface area contributed by atoms with Crippen LogP contribution < -0.4 is 25.8 Å². The van der Waals surface area contributed by atoms with Crippen molar-refractivity contribution in [2.45, 2.75) is 6.43 Å². The molecule has 1 amide bonds. The lowest BCUT2D eigenvalue weighted by atomic mass is 10.1. The minimum Gasteiger partial charge on any atom is -0.496 e. The summed E-state index contributed by atoms with van der Waals surface area (Å²) < 4.78 is 35.7. The van der Waals surface area contributed by atoms with Crippen molar-refractivity contribution in [2.24, 2.45) is 5.73 Å². The van der Waals surface area contributed by atoms with Gasteiger partial charge in [0.1, 0.15) is 17.2 Å². The van der Waals surface area contributed by atoms with Gasteiger partial charge in [0.05, 0.1) is 41.3 Å². The van der Waals surface area contributed by atoms with Crippen molar-refractivity contribution in [3.63, 3.8) is 0 Å². The Morgan fingerprint density at radius 3 is 2.68 bits per heavy atom. The van der Waals surface area contributed by atoms with E-state index in [2.05, 4.69) is 22.2 Å². The summed E-state index contributed by atoms with van der Waals surface area (Å²) in [6.07, 6.45) is -0.952. The number of aromatic nitrogens is 1. The SMILES string of the molecule is C=C(NCC(F)F)Nc1ccc(Oc2ccnc3cc(OC)c(C(N)=O)cc23)cc1Cl. The van der Waals surface area contributed by atoms with E-state index in [0.717, 1.165) is 0 Å². The van der Waals surface area contributed by atoms with Gasteiger partial charge >= 0.3 is 0 Å². The number of alkyl halides is 2. The van der Waals surface area contributed by atoms with Crippen LogP contribution in [0.4, 0.5) is 14.5 Å². The average molecular weight is 449 g/mol. The number of benzene rings is 2. The first-order chi connectivity index (χ1) is 14.8. The summed E-state index contributed by atoms with van der Waals surface area (Å²) in [7, 11) is 1.43. The number of anilines is 1. The third-order valence-corrected chi connectivity index (χ3v) is 4.52. The highest BCUT2D eigenvalue weighted by Crippen LogP contribution is 2.35. The largest absolute Gasteiger partial charge is 0.496 e. The van der Waals surface area contributed by atoms with Gasteiger partial charge in [0.25, 0.3) is 12.3 Å². The zero-order chi connectivity index (χ0) is 22.5. The van der Waals surface area contributed by atoms with E-state index in [9.17, 15) is 13.6 Å². The summed E-state index contributed by atoms with van der Waals surface area (Å²) in [5.74, 6) is 0.681. The van der Waals surface area contributed by atoms with E-state index in [4.69, 9.17) is 26.8 Å². The van der Waals surface area contributed by atoms with Crippen LogP contribution in [0.2, 0.25) is 5.02 Å². The Balaban J connectivity index is 1.85. The van der Waals surface area contributed by atoms with Crippen molar-refractivity contribution in [3.05, 3.63) is 65.6 Å². The van der Waals surface area contributed by atoms with E-state index >= 15 is 0 Å². The summed E-state index contributed by atoms with van der Waals surface area (Å²) in [6.45, 7) is 3.09. The van der Waals surface area contributed by atoms with E-state index in [1.807, 2.05) is 0 Å². The van der Waals surface area contributed by atoms with Gasteiger partial charge in [-0.2, -0.15) is 0 Å². The fourth-order valence-electron chi connectivity index (χ4n) is 2.79. The minimum absolute atomic E-state index is 0.184. The predicted molar refractivity (Wildman–Crippen MR) is 115 cm³/mol. The number of halogens is 3. The lowest BCUT2D eigenvalue weighted by Gasteiger charge is -2.15. The molecule has 7 nitrogen and oxygen atoms in total. The smallest absolute Gasteiger partial charge is 0.255 e. The number of amides is 1. The zero-order valence-corrected chi connectivity index (χ0v) is 17.2. The Kier molecular flexibility index (Phi) is 6.76. The van der Waals surface area contributed by atoms with Crippen LogP contribution in [-0.2, 0) is 0 Å². The number of pyridine rings is 1. The summed E-state index contributed by atoms with van der Waals surface area (Å²) in [4.78, 5) is 16.0. The fraction of sp³-hybridized carbons (Fsp3) is 0.143. The van der Waals surface area contributed by atoms with Crippen molar-refractivity contribution in [1.29, 1.82) is 0 Å². The van der Waals surface area contributed by atoms with E-state index in [-0.39, 0.29) is 16.4 Å². The van der Waals surface area contributed by atoms with E-state index < -0.39 is 18.9 Å². The molecule has 0 atom stereocenters. The molecule has 0 spiro atoms. The molecular weight excluding hydrogens is 430 g/mol. The molecule has 0 unspecified atom stereocenters. The molecule has 0 radical (unpaired) electrons. The maximum absolute atomic E-state index is 12.3. The van der Waals surface area contributed by atoms with Gasteiger partial charge in [-0.25, -0.2) is 8.78 Å². The lowest BCUT2D eigenvalue weighted by molar-refractivity contribution is 0.0997. The second-order valence-electron chi connectivity index (χ2n) is 6.36. The third kappa shape index (κ3) is 5.32. The molecule has 3 rings (SSSR count). The Morgan fingerprint density at radius 2 is 2.03 bits per heavy atom. The molecule has 31 heavy (non-hydrogen) atoms. The number of hydrogen-bond acceptors (Lipinski definition) is 6. The predicted octanol–water partition coefficient (Wildman–Crippen LogP) is 4.53. The van der Waals surface area contributed by atoms with Gasteiger partial charge in [0, 0.05) is 23.7 Å². The highest BCUT2D eigenvalue weighted by molar-refractivity contribution is 6.33. The Morgan fingerprint density at radius 1 is 1.26 bits per heavy atom. The highest BCUT2D eigenvalue weighted by atomic mass is 35.5.